The number of methoxy groups -OCH3 is 1. The van der Waals surface area contributed by atoms with Crippen LogP contribution in [0.1, 0.15) is 50.1 Å². The summed E-state index contributed by atoms with van der Waals surface area (Å²) in [6.45, 7) is 8.24. The van der Waals surface area contributed by atoms with Crippen LogP contribution >= 0.6 is 11.3 Å². The highest BCUT2D eigenvalue weighted by atomic mass is 32.1. The van der Waals surface area contributed by atoms with Crippen LogP contribution in [0.4, 0.5) is 5.13 Å². The fourth-order valence-corrected chi connectivity index (χ4v) is 4.18. The molecule has 1 saturated heterocycles. The van der Waals surface area contributed by atoms with Crippen molar-refractivity contribution in [1.82, 2.24) is 10.3 Å². The third-order valence-corrected chi connectivity index (χ3v) is 5.35. The van der Waals surface area contributed by atoms with Crippen LogP contribution in [0.25, 0.3) is 0 Å². The largest absolute Gasteiger partial charge is 0.383 e. The minimum atomic E-state index is 0.684. The first-order valence-corrected chi connectivity index (χ1v) is 9.06. The topological polar surface area (TPSA) is 37.4 Å². The number of ether oxygens (including phenoxy) is 1. The van der Waals surface area contributed by atoms with Crippen molar-refractivity contribution in [2.24, 2.45) is 0 Å². The number of nitrogens with one attached hydrogen (secondary N) is 1. The van der Waals surface area contributed by atoms with Gasteiger partial charge in [0.2, 0.25) is 0 Å². The van der Waals surface area contributed by atoms with Gasteiger partial charge in [-0.3, -0.25) is 0 Å². The average molecular weight is 311 g/mol. The van der Waals surface area contributed by atoms with E-state index in [1.165, 1.54) is 47.9 Å². The Morgan fingerprint density at radius 2 is 2.24 bits per heavy atom. The van der Waals surface area contributed by atoms with Gasteiger partial charge < -0.3 is 15.0 Å². The van der Waals surface area contributed by atoms with Gasteiger partial charge in [-0.1, -0.05) is 13.8 Å². The lowest BCUT2D eigenvalue weighted by Gasteiger charge is -2.35. The quantitative estimate of drug-likeness (QED) is 0.748. The molecule has 2 heterocycles. The van der Waals surface area contributed by atoms with Crippen LogP contribution in [-0.4, -0.2) is 37.8 Å². The second-order valence-electron chi connectivity index (χ2n) is 5.64. The Morgan fingerprint density at radius 3 is 2.95 bits per heavy atom. The minimum absolute atomic E-state index is 0.684. The molecule has 0 radical (unpaired) electrons. The van der Waals surface area contributed by atoms with Gasteiger partial charge in [-0.25, -0.2) is 4.98 Å². The van der Waals surface area contributed by atoms with Gasteiger partial charge >= 0.3 is 0 Å². The Labute approximate surface area is 132 Å². The van der Waals surface area contributed by atoms with E-state index in [2.05, 4.69) is 24.1 Å². The summed E-state index contributed by atoms with van der Waals surface area (Å²) in [7, 11) is 1.74. The highest BCUT2D eigenvalue weighted by Crippen LogP contribution is 2.32. The zero-order chi connectivity index (χ0) is 15.1. The number of hydrogen-bond donors (Lipinski definition) is 1. The van der Waals surface area contributed by atoms with Gasteiger partial charge in [0.15, 0.2) is 5.13 Å². The number of rotatable bonds is 8. The predicted molar refractivity (Wildman–Crippen MR) is 90.4 cm³/mol. The zero-order valence-corrected chi connectivity index (χ0v) is 14.5. The van der Waals surface area contributed by atoms with E-state index < -0.39 is 0 Å². The van der Waals surface area contributed by atoms with Crippen LogP contribution in [0, 0.1) is 0 Å². The molecule has 0 amide bonds. The molecule has 0 bridgehead atoms. The van der Waals surface area contributed by atoms with Crippen LogP contribution in [-0.2, 0) is 17.7 Å². The number of anilines is 1. The van der Waals surface area contributed by atoms with Gasteiger partial charge in [0.25, 0.3) is 0 Å². The monoisotopic (exact) mass is 311 g/mol. The van der Waals surface area contributed by atoms with Crippen LogP contribution in [0.2, 0.25) is 0 Å². The summed E-state index contributed by atoms with van der Waals surface area (Å²) in [5.41, 5.74) is 1.26. The highest BCUT2D eigenvalue weighted by molar-refractivity contribution is 7.15. The molecule has 1 unspecified atom stereocenters. The van der Waals surface area contributed by atoms with Crippen molar-refractivity contribution < 1.29 is 4.74 Å². The molecule has 1 aromatic rings. The number of piperidine rings is 1. The standard InChI is InChI=1S/C16H29N3OS/c1-4-13-8-6-7-10-19(13)16-18-14(5-2)15(21-16)12-17-9-11-20-3/h13,17H,4-12H2,1-3H3. The number of nitrogens with zero attached hydrogens (tertiary/aromatic N) is 2. The molecule has 0 spiro atoms. The molecule has 1 fully saturated rings. The molecule has 1 aliphatic rings. The van der Waals surface area contributed by atoms with E-state index >= 15 is 0 Å². The molecule has 120 valence electrons. The molecule has 21 heavy (non-hydrogen) atoms. The maximum Gasteiger partial charge on any atom is 0.186 e. The smallest absolute Gasteiger partial charge is 0.186 e. The normalized spacial score (nSPS) is 19.2. The zero-order valence-electron chi connectivity index (χ0n) is 13.7. The predicted octanol–water partition coefficient (Wildman–Crippen LogP) is 3.21. The van der Waals surface area contributed by atoms with E-state index in [9.17, 15) is 0 Å². The summed E-state index contributed by atoms with van der Waals surface area (Å²) in [5.74, 6) is 0. The Hall–Kier alpha value is -0.650. The summed E-state index contributed by atoms with van der Waals surface area (Å²) in [6.07, 6.45) is 6.23. The lowest BCUT2D eigenvalue weighted by Crippen LogP contribution is -2.39. The number of aryl methyl sites for hydroxylation is 1. The second-order valence-corrected chi connectivity index (χ2v) is 6.70. The first-order valence-electron chi connectivity index (χ1n) is 8.25. The van der Waals surface area contributed by atoms with E-state index in [1.54, 1.807) is 7.11 Å². The fraction of sp³-hybridized carbons (Fsp3) is 0.812. The van der Waals surface area contributed by atoms with E-state index in [0.29, 0.717) is 6.04 Å². The van der Waals surface area contributed by atoms with Crippen LogP contribution in [0.3, 0.4) is 0 Å². The van der Waals surface area contributed by atoms with E-state index in [4.69, 9.17) is 9.72 Å². The van der Waals surface area contributed by atoms with Gasteiger partial charge in [-0.2, -0.15) is 0 Å². The first kappa shape index (κ1) is 16.7. The molecule has 2 rings (SSSR count). The van der Waals surface area contributed by atoms with Crippen LogP contribution < -0.4 is 10.2 Å². The summed E-state index contributed by atoms with van der Waals surface area (Å²) in [6, 6.07) is 0.684. The van der Waals surface area contributed by atoms with E-state index in [1.807, 2.05) is 11.3 Å². The van der Waals surface area contributed by atoms with Crippen LogP contribution in [0.15, 0.2) is 0 Å². The first-order chi connectivity index (χ1) is 10.3. The molecule has 1 aromatic heterocycles. The fourth-order valence-electron chi connectivity index (χ4n) is 2.96. The van der Waals surface area contributed by atoms with Gasteiger partial charge in [0.1, 0.15) is 0 Å². The van der Waals surface area contributed by atoms with Crippen molar-refractivity contribution in [3.05, 3.63) is 10.6 Å². The van der Waals surface area contributed by atoms with Crippen molar-refractivity contribution in [1.29, 1.82) is 0 Å². The van der Waals surface area contributed by atoms with Crippen molar-refractivity contribution in [3.63, 3.8) is 0 Å². The van der Waals surface area contributed by atoms with Gasteiger partial charge in [0.05, 0.1) is 12.3 Å². The van der Waals surface area contributed by atoms with Gasteiger partial charge in [0, 0.05) is 37.7 Å². The Kier molecular flexibility index (Phi) is 6.93. The summed E-state index contributed by atoms with van der Waals surface area (Å²) in [4.78, 5) is 8.86. The van der Waals surface area contributed by atoms with Gasteiger partial charge in [-0.05, 0) is 32.1 Å². The molecule has 0 aromatic carbocycles. The number of hydrogen-bond acceptors (Lipinski definition) is 5. The Bertz CT molecular complexity index is 422. The molecule has 1 atom stereocenters. The SMILES string of the molecule is CCc1nc(N2CCCCC2CC)sc1CNCCOC. The van der Waals surface area contributed by atoms with Gasteiger partial charge in [-0.15, -0.1) is 11.3 Å². The van der Waals surface area contributed by atoms with E-state index in [-0.39, 0.29) is 0 Å². The second kappa shape index (κ2) is 8.71. The lowest BCUT2D eigenvalue weighted by atomic mass is 10.0. The summed E-state index contributed by atoms with van der Waals surface area (Å²) >= 11 is 1.88. The molecule has 1 aliphatic heterocycles. The van der Waals surface area contributed by atoms with Crippen molar-refractivity contribution in [2.75, 3.05) is 31.7 Å². The Balaban J connectivity index is 2.04. The van der Waals surface area contributed by atoms with Crippen LogP contribution in [0.5, 0.6) is 0 Å². The minimum Gasteiger partial charge on any atom is -0.383 e. The average Bonchev–Trinajstić information content (AvgIpc) is 2.94. The molecule has 1 N–H and O–H groups in total. The molecular weight excluding hydrogens is 282 g/mol. The number of aromatic nitrogens is 1. The summed E-state index contributed by atoms with van der Waals surface area (Å²) in [5, 5.41) is 4.68. The lowest BCUT2D eigenvalue weighted by molar-refractivity contribution is 0.199. The molecule has 0 saturated carbocycles. The third-order valence-electron chi connectivity index (χ3n) is 4.21. The Morgan fingerprint density at radius 1 is 1.38 bits per heavy atom. The number of thiazole rings is 1. The third kappa shape index (κ3) is 4.41. The van der Waals surface area contributed by atoms with Crippen molar-refractivity contribution in [2.45, 2.75) is 58.5 Å². The molecular formula is C16H29N3OS. The maximum absolute atomic E-state index is 5.08. The van der Waals surface area contributed by atoms with Crippen molar-refractivity contribution in [3.8, 4) is 0 Å². The maximum atomic E-state index is 5.08. The van der Waals surface area contributed by atoms with E-state index in [0.717, 1.165) is 26.1 Å². The molecule has 4 nitrogen and oxygen atoms in total. The summed E-state index contributed by atoms with van der Waals surface area (Å²) < 4.78 is 5.08. The van der Waals surface area contributed by atoms with Crippen molar-refractivity contribution >= 4 is 16.5 Å². The highest BCUT2D eigenvalue weighted by Gasteiger charge is 2.24. The molecule has 0 aliphatic carbocycles. The molecule has 5 heteroatoms.